The molecule has 16 heavy (non-hydrogen) atoms. The minimum absolute atomic E-state index is 0.472. The summed E-state index contributed by atoms with van der Waals surface area (Å²) in [6.07, 6.45) is 7.03. The molecule has 0 radical (unpaired) electrons. The molecule has 1 nitrogen and oxygen atoms in total. The van der Waals surface area contributed by atoms with E-state index in [1.807, 2.05) is 0 Å². The molecule has 1 spiro atoms. The molecule has 1 fully saturated rings. The first-order valence-electron chi connectivity index (χ1n) is 6.61. The molecule has 1 aromatic rings. The van der Waals surface area contributed by atoms with Gasteiger partial charge in [-0.2, -0.15) is 0 Å². The third-order valence-corrected chi connectivity index (χ3v) is 4.42. The van der Waals surface area contributed by atoms with Crippen molar-refractivity contribution in [2.24, 2.45) is 0 Å². The Morgan fingerprint density at radius 1 is 1.12 bits per heavy atom. The largest absolute Gasteiger partial charge is 0.312 e. The number of hydrogen-bond acceptors (Lipinski definition) is 1. The normalized spacial score (nSPS) is 23.1. The van der Waals surface area contributed by atoms with E-state index in [4.69, 9.17) is 0 Å². The molecule has 2 aliphatic rings. The Morgan fingerprint density at radius 3 is 2.75 bits per heavy atom. The van der Waals surface area contributed by atoms with Crippen LogP contribution >= 0.6 is 0 Å². The van der Waals surface area contributed by atoms with Crippen LogP contribution in [-0.2, 0) is 12.0 Å². The van der Waals surface area contributed by atoms with Crippen LogP contribution in [0.15, 0.2) is 18.2 Å². The quantitative estimate of drug-likeness (QED) is 0.700. The molecular formula is C15H21N. The Morgan fingerprint density at radius 2 is 1.94 bits per heavy atom. The molecule has 1 aliphatic carbocycles. The summed E-state index contributed by atoms with van der Waals surface area (Å²) in [4.78, 5) is 0. The number of benzene rings is 1. The second kappa shape index (κ2) is 3.89. The summed E-state index contributed by atoms with van der Waals surface area (Å²) in [5, 5.41) is 3.63. The fourth-order valence-corrected chi connectivity index (χ4v) is 3.59. The van der Waals surface area contributed by atoms with Crippen LogP contribution in [0.2, 0.25) is 0 Å². The highest BCUT2D eigenvalue weighted by atomic mass is 14.9. The summed E-state index contributed by atoms with van der Waals surface area (Å²) in [5.41, 5.74) is 5.07. The SMILES string of the molecule is Cc1ccc2c(c1)CNCC21CCCCC1. The number of rotatable bonds is 0. The molecule has 86 valence electrons. The first-order valence-corrected chi connectivity index (χ1v) is 6.61. The number of hydrogen-bond donors (Lipinski definition) is 1. The van der Waals surface area contributed by atoms with Crippen LogP contribution in [0, 0.1) is 6.92 Å². The zero-order valence-corrected chi connectivity index (χ0v) is 10.2. The van der Waals surface area contributed by atoms with Gasteiger partial charge in [-0.1, -0.05) is 43.0 Å². The molecule has 1 aromatic carbocycles. The maximum Gasteiger partial charge on any atom is 0.0208 e. The van der Waals surface area contributed by atoms with Crippen molar-refractivity contribution in [1.82, 2.24) is 5.32 Å². The van der Waals surface area contributed by atoms with Crippen molar-refractivity contribution in [2.45, 2.75) is 51.0 Å². The molecule has 0 saturated heterocycles. The van der Waals surface area contributed by atoms with Crippen molar-refractivity contribution in [3.05, 3.63) is 34.9 Å². The van der Waals surface area contributed by atoms with Gasteiger partial charge in [0, 0.05) is 18.5 Å². The van der Waals surface area contributed by atoms with Crippen molar-refractivity contribution < 1.29 is 0 Å². The van der Waals surface area contributed by atoms with E-state index in [1.165, 1.54) is 44.2 Å². The van der Waals surface area contributed by atoms with E-state index in [0.29, 0.717) is 5.41 Å². The van der Waals surface area contributed by atoms with Crippen molar-refractivity contribution >= 4 is 0 Å². The first-order chi connectivity index (χ1) is 7.80. The summed E-state index contributed by atoms with van der Waals surface area (Å²) in [6, 6.07) is 7.06. The molecule has 0 amide bonds. The van der Waals surface area contributed by atoms with Gasteiger partial charge in [0.2, 0.25) is 0 Å². The summed E-state index contributed by atoms with van der Waals surface area (Å²) in [7, 11) is 0. The summed E-state index contributed by atoms with van der Waals surface area (Å²) >= 11 is 0. The van der Waals surface area contributed by atoms with E-state index in [-0.39, 0.29) is 0 Å². The Balaban J connectivity index is 2.04. The predicted molar refractivity (Wildman–Crippen MR) is 67.6 cm³/mol. The van der Waals surface area contributed by atoms with Gasteiger partial charge in [-0.05, 0) is 30.9 Å². The van der Waals surface area contributed by atoms with E-state index in [1.54, 1.807) is 11.1 Å². The second-order valence-electron chi connectivity index (χ2n) is 5.61. The number of aryl methyl sites for hydroxylation is 1. The third-order valence-electron chi connectivity index (χ3n) is 4.42. The van der Waals surface area contributed by atoms with Crippen LogP contribution in [0.3, 0.4) is 0 Å². The van der Waals surface area contributed by atoms with E-state index in [9.17, 15) is 0 Å². The van der Waals surface area contributed by atoms with E-state index in [2.05, 4.69) is 30.4 Å². The monoisotopic (exact) mass is 215 g/mol. The molecule has 1 heteroatoms. The Bertz CT molecular complexity index is 388. The Labute approximate surface area is 98.3 Å². The third kappa shape index (κ3) is 1.58. The highest BCUT2D eigenvalue weighted by molar-refractivity contribution is 5.40. The lowest BCUT2D eigenvalue weighted by molar-refractivity contribution is 0.264. The standard InChI is InChI=1S/C15H21N/c1-12-5-6-14-13(9-12)10-16-11-15(14)7-3-2-4-8-15/h5-6,9,16H,2-4,7-8,10-11H2,1H3. The maximum atomic E-state index is 3.63. The van der Waals surface area contributed by atoms with Crippen LogP contribution < -0.4 is 5.32 Å². The Kier molecular flexibility index (Phi) is 2.51. The maximum absolute atomic E-state index is 3.63. The molecule has 1 N–H and O–H groups in total. The lowest BCUT2D eigenvalue weighted by Crippen LogP contribution is -2.44. The van der Waals surface area contributed by atoms with Gasteiger partial charge >= 0.3 is 0 Å². The highest BCUT2D eigenvalue weighted by Gasteiger charge is 2.37. The van der Waals surface area contributed by atoms with E-state index in [0.717, 1.165) is 6.54 Å². The highest BCUT2D eigenvalue weighted by Crippen LogP contribution is 2.42. The van der Waals surface area contributed by atoms with Gasteiger partial charge in [-0.15, -0.1) is 0 Å². The summed E-state index contributed by atoms with van der Waals surface area (Å²) < 4.78 is 0. The van der Waals surface area contributed by atoms with Crippen molar-refractivity contribution in [2.75, 3.05) is 6.54 Å². The zero-order valence-electron chi connectivity index (χ0n) is 10.2. The average molecular weight is 215 g/mol. The molecule has 1 saturated carbocycles. The lowest BCUT2D eigenvalue weighted by atomic mass is 9.66. The lowest BCUT2D eigenvalue weighted by Gasteiger charge is -2.42. The van der Waals surface area contributed by atoms with Crippen LogP contribution in [0.5, 0.6) is 0 Å². The van der Waals surface area contributed by atoms with Crippen molar-refractivity contribution in [3.63, 3.8) is 0 Å². The minimum Gasteiger partial charge on any atom is -0.312 e. The van der Waals surface area contributed by atoms with Gasteiger partial charge < -0.3 is 5.32 Å². The fourth-order valence-electron chi connectivity index (χ4n) is 3.59. The van der Waals surface area contributed by atoms with Gasteiger partial charge in [0.1, 0.15) is 0 Å². The van der Waals surface area contributed by atoms with Crippen LogP contribution in [0.25, 0.3) is 0 Å². The van der Waals surface area contributed by atoms with Crippen LogP contribution in [0.1, 0.15) is 48.8 Å². The first kappa shape index (κ1) is 10.3. The molecule has 0 atom stereocenters. The molecule has 3 rings (SSSR count). The second-order valence-corrected chi connectivity index (χ2v) is 5.61. The molecular weight excluding hydrogens is 194 g/mol. The zero-order chi connectivity index (χ0) is 11.0. The smallest absolute Gasteiger partial charge is 0.0208 e. The molecule has 0 bridgehead atoms. The molecule has 1 heterocycles. The van der Waals surface area contributed by atoms with E-state index < -0.39 is 0 Å². The van der Waals surface area contributed by atoms with Gasteiger partial charge in [-0.3, -0.25) is 0 Å². The van der Waals surface area contributed by atoms with Gasteiger partial charge in [-0.25, -0.2) is 0 Å². The number of fused-ring (bicyclic) bond motifs is 2. The van der Waals surface area contributed by atoms with Crippen molar-refractivity contribution in [1.29, 1.82) is 0 Å². The van der Waals surface area contributed by atoms with Crippen LogP contribution in [-0.4, -0.2) is 6.54 Å². The van der Waals surface area contributed by atoms with E-state index >= 15 is 0 Å². The molecule has 0 unspecified atom stereocenters. The molecule has 1 aliphatic heterocycles. The van der Waals surface area contributed by atoms with Gasteiger partial charge in [0.05, 0.1) is 0 Å². The number of nitrogens with one attached hydrogen (secondary N) is 1. The van der Waals surface area contributed by atoms with Crippen molar-refractivity contribution in [3.8, 4) is 0 Å². The Hall–Kier alpha value is -0.820. The molecule has 0 aromatic heterocycles. The predicted octanol–water partition coefficient (Wildman–Crippen LogP) is 3.30. The van der Waals surface area contributed by atoms with Crippen LogP contribution in [0.4, 0.5) is 0 Å². The minimum atomic E-state index is 0.472. The summed E-state index contributed by atoms with van der Waals surface area (Å²) in [6.45, 7) is 4.46. The van der Waals surface area contributed by atoms with Gasteiger partial charge in [0.15, 0.2) is 0 Å². The summed E-state index contributed by atoms with van der Waals surface area (Å²) in [5.74, 6) is 0. The fraction of sp³-hybridized carbons (Fsp3) is 0.600. The van der Waals surface area contributed by atoms with Gasteiger partial charge in [0.25, 0.3) is 0 Å². The topological polar surface area (TPSA) is 12.0 Å². The average Bonchev–Trinajstić information content (AvgIpc) is 2.30.